The summed E-state index contributed by atoms with van der Waals surface area (Å²) in [5, 5.41) is 22.1. The summed E-state index contributed by atoms with van der Waals surface area (Å²) in [5.74, 6) is 0.695. The van der Waals surface area contributed by atoms with Crippen LogP contribution < -0.4 is 11.1 Å². The highest BCUT2D eigenvalue weighted by Crippen LogP contribution is 2.35. The minimum atomic E-state index is -0.492. The predicted octanol–water partition coefficient (Wildman–Crippen LogP) is 3.11. The average molecular weight is 473 g/mol. The number of benzene rings is 1. The summed E-state index contributed by atoms with van der Waals surface area (Å²) in [5.41, 5.74) is 8.94. The molecule has 0 atom stereocenters. The number of nitrogens with one attached hydrogen (secondary N) is 1. The van der Waals surface area contributed by atoms with Crippen LogP contribution in [-0.2, 0) is 19.1 Å². The Hall–Kier alpha value is -3.64. The number of amides is 1. The standard InChI is InChI=1S/C26H32N8O/c1-32-13-8-23(30-32)21-6-4-20(5-7-21)17-33-14-10-26(9-12-27,11-15-33)34-18-22(24(28)35)25(31-34)29-16-19-2-3-19/h4-8,13,18-19H,2-3,9-11,14-17H2,1H3,(H2,28,35)(H,29,31). The van der Waals surface area contributed by atoms with Gasteiger partial charge in [-0.3, -0.25) is 19.1 Å². The third-order valence-corrected chi connectivity index (χ3v) is 7.29. The van der Waals surface area contributed by atoms with E-state index in [4.69, 9.17) is 10.8 Å². The molecule has 182 valence electrons. The number of piperidine rings is 1. The molecule has 3 aromatic rings. The number of nitrogens with zero attached hydrogens (tertiary/aromatic N) is 6. The lowest BCUT2D eigenvalue weighted by molar-refractivity contribution is 0.0967. The predicted molar refractivity (Wildman–Crippen MR) is 133 cm³/mol. The van der Waals surface area contributed by atoms with E-state index in [9.17, 15) is 10.1 Å². The van der Waals surface area contributed by atoms with Crippen molar-refractivity contribution in [3.05, 3.63) is 53.9 Å². The van der Waals surface area contributed by atoms with Crippen molar-refractivity contribution in [3.63, 3.8) is 0 Å². The van der Waals surface area contributed by atoms with Crippen LogP contribution in [0, 0.1) is 17.2 Å². The molecule has 1 aliphatic heterocycles. The summed E-state index contributed by atoms with van der Waals surface area (Å²) < 4.78 is 3.65. The molecule has 0 bridgehead atoms. The van der Waals surface area contributed by atoms with E-state index in [-0.39, 0.29) is 0 Å². The van der Waals surface area contributed by atoms with Crippen molar-refractivity contribution in [2.45, 2.75) is 44.2 Å². The Kier molecular flexibility index (Phi) is 6.31. The van der Waals surface area contributed by atoms with Gasteiger partial charge in [-0.15, -0.1) is 0 Å². The lowest BCUT2D eigenvalue weighted by Gasteiger charge is -2.40. The monoisotopic (exact) mass is 472 g/mol. The number of carbonyl (C=O) groups excluding carboxylic acids is 1. The van der Waals surface area contributed by atoms with Crippen LogP contribution >= 0.6 is 0 Å². The molecule has 0 unspecified atom stereocenters. The van der Waals surface area contributed by atoms with Crippen LogP contribution in [0.5, 0.6) is 0 Å². The topological polar surface area (TPSA) is 118 Å². The van der Waals surface area contributed by atoms with Gasteiger partial charge >= 0.3 is 0 Å². The molecular formula is C26H32N8O. The van der Waals surface area contributed by atoms with E-state index >= 15 is 0 Å². The fourth-order valence-electron chi connectivity index (χ4n) is 4.86. The molecule has 1 aliphatic carbocycles. The van der Waals surface area contributed by atoms with Crippen LogP contribution in [0.2, 0.25) is 0 Å². The first kappa shape index (κ1) is 23.1. The van der Waals surface area contributed by atoms with Gasteiger partial charge in [0.2, 0.25) is 0 Å². The summed E-state index contributed by atoms with van der Waals surface area (Å²) in [6.45, 7) is 3.35. The molecule has 5 rings (SSSR count). The number of hydrogen-bond acceptors (Lipinski definition) is 6. The number of primary amides is 1. The maximum Gasteiger partial charge on any atom is 0.254 e. The van der Waals surface area contributed by atoms with Crippen LogP contribution in [0.3, 0.4) is 0 Å². The molecule has 0 radical (unpaired) electrons. The van der Waals surface area contributed by atoms with Crippen molar-refractivity contribution in [1.29, 1.82) is 5.26 Å². The number of carbonyl (C=O) groups is 1. The fourth-order valence-corrected chi connectivity index (χ4v) is 4.86. The largest absolute Gasteiger partial charge is 0.368 e. The van der Waals surface area contributed by atoms with E-state index in [1.807, 2.05) is 28.7 Å². The number of nitriles is 1. The highest BCUT2D eigenvalue weighted by atomic mass is 16.1. The van der Waals surface area contributed by atoms with E-state index in [0.29, 0.717) is 23.7 Å². The lowest BCUT2D eigenvalue weighted by atomic mass is 9.84. The zero-order valence-corrected chi connectivity index (χ0v) is 20.2. The Labute approximate surface area is 205 Å². The van der Waals surface area contributed by atoms with E-state index in [0.717, 1.165) is 50.3 Å². The van der Waals surface area contributed by atoms with Crippen molar-refractivity contribution in [2.75, 3.05) is 25.0 Å². The number of aryl methyl sites for hydroxylation is 1. The zero-order valence-electron chi connectivity index (χ0n) is 20.2. The Balaban J connectivity index is 1.26. The summed E-state index contributed by atoms with van der Waals surface area (Å²) >= 11 is 0. The van der Waals surface area contributed by atoms with E-state index in [1.165, 1.54) is 18.4 Å². The van der Waals surface area contributed by atoms with Crippen LogP contribution in [0.25, 0.3) is 11.3 Å². The first-order valence-corrected chi connectivity index (χ1v) is 12.3. The summed E-state index contributed by atoms with van der Waals surface area (Å²) in [4.78, 5) is 14.5. The van der Waals surface area contributed by atoms with Gasteiger partial charge in [0.25, 0.3) is 5.91 Å². The number of anilines is 1. The Morgan fingerprint density at radius 1 is 1.20 bits per heavy atom. The molecular weight excluding hydrogens is 440 g/mol. The number of aromatic nitrogens is 4. The van der Waals surface area contributed by atoms with E-state index in [1.54, 1.807) is 6.20 Å². The Bertz CT molecular complexity index is 1220. The van der Waals surface area contributed by atoms with Gasteiger partial charge in [0, 0.05) is 51.2 Å². The molecule has 9 heteroatoms. The number of nitrogens with two attached hydrogens (primary N) is 1. The van der Waals surface area contributed by atoms with Crippen molar-refractivity contribution in [1.82, 2.24) is 24.5 Å². The SMILES string of the molecule is Cn1ccc(-c2ccc(CN3CCC(CC#N)(n4cc(C(N)=O)c(NCC5CC5)n4)CC3)cc2)n1. The van der Waals surface area contributed by atoms with Gasteiger partial charge in [-0.2, -0.15) is 15.5 Å². The van der Waals surface area contributed by atoms with Gasteiger partial charge in [0.15, 0.2) is 5.82 Å². The van der Waals surface area contributed by atoms with Crippen LogP contribution in [0.4, 0.5) is 5.82 Å². The normalized spacial score (nSPS) is 17.7. The fraction of sp³-hybridized carbons (Fsp3) is 0.462. The van der Waals surface area contributed by atoms with Gasteiger partial charge in [-0.25, -0.2) is 0 Å². The van der Waals surface area contributed by atoms with Gasteiger partial charge in [0.1, 0.15) is 5.56 Å². The molecule has 1 saturated carbocycles. The minimum absolute atomic E-state index is 0.349. The van der Waals surface area contributed by atoms with Gasteiger partial charge in [0.05, 0.1) is 23.7 Å². The molecule has 3 heterocycles. The van der Waals surface area contributed by atoms with Crippen LogP contribution in [0.1, 0.15) is 48.0 Å². The minimum Gasteiger partial charge on any atom is -0.368 e. The van der Waals surface area contributed by atoms with E-state index in [2.05, 4.69) is 45.7 Å². The molecule has 2 aliphatic rings. The highest BCUT2D eigenvalue weighted by Gasteiger charge is 2.38. The van der Waals surface area contributed by atoms with Crippen LogP contribution in [0.15, 0.2) is 42.7 Å². The number of hydrogen-bond donors (Lipinski definition) is 2. The highest BCUT2D eigenvalue weighted by molar-refractivity contribution is 5.97. The summed E-state index contributed by atoms with van der Waals surface area (Å²) in [6, 6.07) is 12.9. The molecule has 2 aromatic heterocycles. The van der Waals surface area contributed by atoms with Crippen molar-refractivity contribution in [3.8, 4) is 17.3 Å². The number of likely N-dealkylation sites (tertiary alicyclic amines) is 1. The quantitative estimate of drug-likeness (QED) is 0.494. The molecule has 2 fully saturated rings. The number of rotatable bonds is 9. The van der Waals surface area contributed by atoms with Gasteiger partial charge in [-0.1, -0.05) is 24.3 Å². The molecule has 1 aromatic carbocycles. The molecule has 9 nitrogen and oxygen atoms in total. The van der Waals surface area contributed by atoms with Crippen molar-refractivity contribution < 1.29 is 4.79 Å². The molecule has 1 amide bonds. The third kappa shape index (κ3) is 5.08. The van der Waals surface area contributed by atoms with E-state index < -0.39 is 11.4 Å². The average Bonchev–Trinajstić information content (AvgIpc) is 3.41. The maximum absolute atomic E-state index is 12.1. The molecule has 1 saturated heterocycles. The second-order valence-corrected chi connectivity index (χ2v) is 9.93. The molecule has 3 N–H and O–H groups in total. The molecule has 35 heavy (non-hydrogen) atoms. The summed E-state index contributed by atoms with van der Waals surface area (Å²) in [6.07, 6.45) is 8.02. The Morgan fingerprint density at radius 3 is 2.54 bits per heavy atom. The van der Waals surface area contributed by atoms with Gasteiger partial charge < -0.3 is 11.1 Å². The van der Waals surface area contributed by atoms with Crippen molar-refractivity contribution >= 4 is 11.7 Å². The first-order chi connectivity index (χ1) is 17.0. The zero-order chi connectivity index (χ0) is 24.4. The second kappa shape index (κ2) is 9.55. The smallest absolute Gasteiger partial charge is 0.254 e. The lowest BCUT2D eigenvalue weighted by Crippen LogP contribution is -2.46. The second-order valence-electron chi connectivity index (χ2n) is 9.93. The van der Waals surface area contributed by atoms with Crippen LogP contribution in [-0.4, -0.2) is 50.0 Å². The first-order valence-electron chi connectivity index (χ1n) is 12.3. The van der Waals surface area contributed by atoms with Gasteiger partial charge in [-0.05, 0) is 43.2 Å². The third-order valence-electron chi connectivity index (χ3n) is 7.29. The maximum atomic E-state index is 12.1. The molecule has 0 spiro atoms. The van der Waals surface area contributed by atoms with Crippen molar-refractivity contribution in [2.24, 2.45) is 18.7 Å². The summed E-state index contributed by atoms with van der Waals surface area (Å²) in [7, 11) is 1.92. The Morgan fingerprint density at radius 2 is 1.94 bits per heavy atom.